The standard InChI is InChI=1S/C23H30N2O5/c1-27-21-7-3-2-6-20(21)25-12-10-24(11-13-25)14-18(26)15-28-16-19-17-29-22-8-4-5-9-23(22)30-19/h2-9,18-19,26H,10-17H2,1H3. The second kappa shape index (κ2) is 10.0. The summed E-state index contributed by atoms with van der Waals surface area (Å²) in [4.78, 5) is 4.60. The van der Waals surface area contributed by atoms with E-state index in [1.807, 2.05) is 42.5 Å². The van der Waals surface area contributed by atoms with Crippen molar-refractivity contribution in [3.63, 3.8) is 0 Å². The Hall–Kier alpha value is -2.48. The van der Waals surface area contributed by atoms with E-state index in [-0.39, 0.29) is 12.7 Å². The number of hydrogen-bond acceptors (Lipinski definition) is 7. The van der Waals surface area contributed by atoms with Gasteiger partial charge >= 0.3 is 0 Å². The Morgan fingerprint density at radius 2 is 1.77 bits per heavy atom. The highest BCUT2D eigenvalue weighted by atomic mass is 16.6. The molecule has 2 heterocycles. The largest absolute Gasteiger partial charge is 0.495 e. The molecular weight excluding hydrogens is 384 g/mol. The number of nitrogens with zero attached hydrogens (tertiary/aromatic N) is 2. The second-order valence-corrected chi connectivity index (χ2v) is 7.65. The van der Waals surface area contributed by atoms with Gasteiger partial charge in [-0.2, -0.15) is 0 Å². The average molecular weight is 415 g/mol. The van der Waals surface area contributed by atoms with Gasteiger partial charge in [0.1, 0.15) is 12.4 Å². The molecule has 2 unspecified atom stereocenters. The molecule has 0 amide bonds. The predicted molar refractivity (Wildman–Crippen MR) is 115 cm³/mol. The molecule has 0 bridgehead atoms. The van der Waals surface area contributed by atoms with E-state index in [9.17, 15) is 5.11 Å². The van der Waals surface area contributed by atoms with Crippen molar-refractivity contribution < 1.29 is 24.1 Å². The maximum absolute atomic E-state index is 10.4. The number of benzene rings is 2. The number of hydrogen-bond donors (Lipinski definition) is 1. The van der Waals surface area contributed by atoms with E-state index in [0.717, 1.165) is 49.1 Å². The predicted octanol–water partition coefficient (Wildman–Crippen LogP) is 2.03. The van der Waals surface area contributed by atoms with Crippen LogP contribution in [-0.4, -0.2) is 81.9 Å². The molecule has 2 aromatic rings. The fraction of sp³-hybridized carbons (Fsp3) is 0.478. The molecule has 2 atom stereocenters. The van der Waals surface area contributed by atoms with Crippen LogP contribution in [0.15, 0.2) is 48.5 Å². The van der Waals surface area contributed by atoms with Crippen LogP contribution in [0, 0.1) is 0 Å². The van der Waals surface area contributed by atoms with Crippen LogP contribution in [0.1, 0.15) is 0 Å². The number of anilines is 1. The first kappa shape index (κ1) is 20.8. The van der Waals surface area contributed by atoms with Crippen molar-refractivity contribution in [2.45, 2.75) is 12.2 Å². The number of rotatable bonds is 8. The van der Waals surface area contributed by atoms with Crippen molar-refractivity contribution in [2.24, 2.45) is 0 Å². The quantitative estimate of drug-likeness (QED) is 0.709. The molecule has 4 rings (SSSR count). The molecule has 1 N–H and O–H groups in total. The molecule has 0 radical (unpaired) electrons. The van der Waals surface area contributed by atoms with Crippen LogP contribution >= 0.6 is 0 Å². The van der Waals surface area contributed by atoms with E-state index in [1.165, 1.54) is 0 Å². The fourth-order valence-electron chi connectivity index (χ4n) is 3.89. The van der Waals surface area contributed by atoms with Crippen molar-refractivity contribution in [1.29, 1.82) is 0 Å². The Kier molecular flexibility index (Phi) is 6.94. The molecule has 2 aromatic carbocycles. The zero-order valence-electron chi connectivity index (χ0n) is 17.4. The van der Waals surface area contributed by atoms with Crippen LogP contribution < -0.4 is 19.1 Å². The van der Waals surface area contributed by atoms with Gasteiger partial charge in [0.15, 0.2) is 17.6 Å². The molecule has 2 aliphatic rings. The number of aliphatic hydroxyl groups is 1. The van der Waals surface area contributed by atoms with Crippen molar-refractivity contribution in [1.82, 2.24) is 4.90 Å². The highest BCUT2D eigenvalue weighted by molar-refractivity contribution is 5.58. The van der Waals surface area contributed by atoms with Gasteiger partial charge in [-0.05, 0) is 24.3 Å². The second-order valence-electron chi connectivity index (χ2n) is 7.65. The van der Waals surface area contributed by atoms with Gasteiger partial charge in [-0.25, -0.2) is 0 Å². The van der Waals surface area contributed by atoms with Crippen LogP contribution in [0.4, 0.5) is 5.69 Å². The summed E-state index contributed by atoms with van der Waals surface area (Å²) in [7, 11) is 1.70. The highest BCUT2D eigenvalue weighted by Crippen LogP contribution is 2.31. The van der Waals surface area contributed by atoms with Gasteiger partial charge < -0.3 is 29.0 Å². The lowest BCUT2D eigenvalue weighted by Gasteiger charge is -2.37. The van der Waals surface area contributed by atoms with Gasteiger partial charge in [-0.3, -0.25) is 4.90 Å². The number of para-hydroxylation sites is 4. The zero-order chi connectivity index (χ0) is 20.8. The van der Waals surface area contributed by atoms with E-state index < -0.39 is 6.10 Å². The molecule has 1 saturated heterocycles. The van der Waals surface area contributed by atoms with Crippen LogP contribution in [0.25, 0.3) is 0 Å². The first-order valence-electron chi connectivity index (χ1n) is 10.5. The van der Waals surface area contributed by atoms with Crippen LogP contribution in [0.5, 0.6) is 17.2 Å². The van der Waals surface area contributed by atoms with Crippen molar-refractivity contribution in [3.05, 3.63) is 48.5 Å². The smallest absolute Gasteiger partial charge is 0.161 e. The third-order valence-electron chi connectivity index (χ3n) is 5.45. The van der Waals surface area contributed by atoms with Crippen molar-refractivity contribution in [2.75, 3.05) is 64.6 Å². The van der Waals surface area contributed by atoms with Gasteiger partial charge in [0.05, 0.1) is 32.1 Å². The van der Waals surface area contributed by atoms with Gasteiger partial charge in [0, 0.05) is 32.7 Å². The molecule has 1 fully saturated rings. The van der Waals surface area contributed by atoms with Gasteiger partial charge in [0.2, 0.25) is 0 Å². The minimum absolute atomic E-state index is 0.156. The van der Waals surface area contributed by atoms with E-state index in [0.29, 0.717) is 19.8 Å². The summed E-state index contributed by atoms with van der Waals surface area (Å²) in [5, 5.41) is 10.4. The van der Waals surface area contributed by atoms with Gasteiger partial charge in [-0.15, -0.1) is 0 Å². The minimum Gasteiger partial charge on any atom is -0.495 e. The summed E-state index contributed by atoms with van der Waals surface area (Å²) < 4.78 is 22.7. The molecular formula is C23H30N2O5. The summed E-state index contributed by atoms with van der Waals surface area (Å²) in [5.74, 6) is 2.41. The molecule has 0 aromatic heterocycles. The number of β-amino-alcohol motifs (C(OH)–C–C–N with tert-alkyl or cyclic N) is 1. The van der Waals surface area contributed by atoms with E-state index in [2.05, 4.69) is 15.9 Å². The summed E-state index contributed by atoms with van der Waals surface area (Å²) in [6.45, 7) is 5.34. The number of ether oxygens (including phenoxy) is 4. The maximum Gasteiger partial charge on any atom is 0.161 e. The van der Waals surface area contributed by atoms with E-state index in [1.54, 1.807) is 7.11 Å². The Morgan fingerprint density at radius 1 is 1.03 bits per heavy atom. The molecule has 162 valence electrons. The topological polar surface area (TPSA) is 63.6 Å². The lowest BCUT2D eigenvalue weighted by molar-refractivity contribution is -0.0292. The summed E-state index contributed by atoms with van der Waals surface area (Å²) in [6.07, 6.45) is -0.684. The van der Waals surface area contributed by atoms with Crippen LogP contribution in [-0.2, 0) is 4.74 Å². The molecule has 30 heavy (non-hydrogen) atoms. The summed E-state index contributed by atoms with van der Waals surface area (Å²) in [5.41, 5.74) is 1.12. The zero-order valence-corrected chi connectivity index (χ0v) is 17.4. The Balaban J connectivity index is 1.16. The van der Waals surface area contributed by atoms with Crippen LogP contribution in [0.2, 0.25) is 0 Å². The SMILES string of the molecule is COc1ccccc1N1CCN(CC(O)COCC2COc3ccccc3O2)CC1. The lowest BCUT2D eigenvalue weighted by atomic mass is 10.2. The molecule has 0 aliphatic carbocycles. The number of aliphatic hydroxyl groups excluding tert-OH is 1. The monoisotopic (exact) mass is 414 g/mol. The van der Waals surface area contributed by atoms with E-state index >= 15 is 0 Å². The molecule has 0 spiro atoms. The number of methoxy groups -OCH3 is 1. The lowest BCUT2D eigenvalue weighted by Crippen LogP contribution is -2.49. The molecule has 7 nitrogen and oxygen atoms in total. The van der Waals surface area contributed by atoms with Gasteiger partial charge in [-0.1, -0.05) is 24.3 Å². The van der Waals surface area contributed by atoms with Crippen molar-refractivity contribution in [3.8, 4) is 17.2 Å². The van der Waals surface area contributed by atoms with Crippen molar-refractivity contribution >= 4 is 5.69 Å². The third kappa shape index (κ3) is 5.16. The normalized spacial score (nSPS) is 20.1. The number of fused-ring (bicyclic) bond motifs is 1. The Labute approximate surface area is 177 Å². The van der Waals surface area contributed by atoms with E-state index in [4.69, 9.17) is 18.9 Å². The highest BCUT2D eigenvalue weighted by Gasteiger charge is 2.23. The minimum atomic E-state index is -0.528. The summed E-state index contributed by atoms with van der Waals surface area (Å²) in [6, 6.07) is 15.7. The Morgan fingerprint density at radius 3 is 2.57 bits per heavy atom. The Bertz CT molecular complexity index is 810. The first-order chi connectivity index (χ1) is 14.7. The van der Waals surface area contributed by atoms with Crippen LogP contribution in [0.3, 0.4) is 0 Å². The fourth-order valence-corrected chi connectivity index (χ4v) is 3.89. The third-order valence-corrected chi connectivity index (χ3v) is 5.45. The molecule has 7 heteroatoms. The first-order valence-corrected chi connectivity index (χ1v) is 10.5. The molecule has 0 saturated carbocycles. The maximum atomic E-state index is 10.4. The average Bonchev–Trinajstić information content (AvgIpc) is 2.79. The molecule has 2 aliphatic heterocycles. The number of piperazine rings is 1. The van der Waals surface area contributed by atoms with Gasteiger partial charge in [0.25, 0.3) is 0 Å². The summed E-state index contributed by atoms with van der Waals surface area (Å²) >= 11 is 0.